The first-order valence-corrected chi connectivity index (χ1v) is 30.2. The molecule has 1 saturated heterocycles. The molecule has 1 amide bonds. The van der Waals surface area contributed by atoms with Gasteiger partial charge >= 0.3 is 23.9 Å². The first kappa shape index (κ1) is 60.9. The molecule has 0 radical (unpaired) electrons. The summed E-state index contributed by atoms with van der Waals surface area (Å²) >= 11 is 0. The van der Waals surface area contributed by atoms with Crippen molar-refractivity contribution in [1.29, 1.82) is 0 Å². The first-order valence-electron chi connectivity index (χ1n) is 30.2. The van der Waals surface area contributed by atoms with Gasteiger partial charge in [0.1, 0.15) is 17.8 Å². The molecule has 4 aromatic carbocycles. The topological polar surface area (TPSA) is 162 Å². The zero-order valence-corrected chi connectivity index (χ0v) is 48.2. The van der Waals surface area contributed by atoms with Crippen molar-refractivity contribution < 1.29 is 57.1 Å². The number of carbonyl (C=O) groups excluding carboxylic acids is 5. The molecule has 13 nitrogen and oxygen atoms in total. The number of unbranched alkanes of at least 4 members (excludes halogenated alkanes) is 11. The average Bonchev–Trinajstić information content (AvgIpc) is 3.31. The molecule has 9 rings (SSSR count). The van der Waals surface area contributed by atoms with Crippen LogP contribution < -0.4 is 5.32 Å². The zero-order chi connectivity index (χ0) is 57.0. The van der Waals surface area contributed by atoms with E-state index in [4.69, 9.17) is 33.2 Å². The predicted molar refractivity (Wildman–Crippen MR) is 309 cm³/mol. The fourth-order valence-corrected chi connectivity index (χ4v) is 13.8. The minimum absolute atomic E-state index is 0.108. The van der Waals surface area contributed by atoms with Gasteiger partial charge in [-0.05, 0) is 109 Å². The molecule has 0 aromatic heterocycles. The molecule has 5 fully saturated rings. The van der Waals surface area contributed by atoms with Crippen molar-refractivity contribution in [1.82, 2.24) is 5.32 Å². The number of rotatable bonds is 31. The fourth-order valence-electron chi connectivity index (χ4n) is 13.8. The molecule has 13 heteroatoms. The van der Waals surface area contributed by atoms with Crippen molar-refractivity contribution in [3.05, 3.63) is 156 Å². The summed E-state index contributed by atoms with van der Waals surface area (Å²) in [5.41, 5.74) is 1.36. The van der Waals surface area contributed by atoms with Gasteiger partial charge in [-0.3, -0.25) is 19.2 Å². The minimum Gasteiger partial charge on any atom is -0.456 e. The van der Waals surface area contributed by atoms with Gasteiger partial charge in [0.15, 0.2) is 24.6 Å². The summed E-state index contributed by atoms with van der Waals surface area (Å²) in [5.74, 6) is -1.09. The zero-order valence-electron chi connectivity index (χ0n) is 48.2. The number of nitrogens with one attached hydrogen (secondary N) is 1. The minimum atomic E-state index is -1.51. The lowest BCUT2D eigenvalue weighted by atomic mass is 9.49. The van der Waals surface area contributed by atoms with E-state index in [2.05, 4.69) is 12.2 Å². The van der Waals surface area contributed by atoms with Crippen LogP contribution in [-0.4, -0.2) is 85.8 Å². The normalized spacial score (nSPS) is 24.7. The summed E-state index contributed by atoms with van der Waals surface area (Å²) in [6.07, 6.45) is 16.9. The predicted octanol–water partition coefficient (Wildman–Crippen LogP) is 13.1. The number of ether oxygens (including phenoxy) is 7. The maximum absolute atomic E-state index is 14.8. The second-order valence-corrected chi connectivity index (χ2v) is 23.4. The Balaban J connectivity index is 1.10. The summed E-state index contributed by atoms with van der Waals surface area (Å²) in [5, 5.41) is 3.29. The van der Waals surface area contributed by atoms with E-state index in [9.17, 15) is 24.0 Å². The quantitative estimate of drug-likeness (QED) is 0.0167. The van der Waals surface area contributed by atoms with Gasteiger partial charge in [0.05, 0.1) is 24.8 Å². The van der Waals surface area contributed by atoms with Gasteiger partial charge in [-0.2, -0.15) is 0 Å². The Hall–Kier alpha value is -6.15. The van der Waals surface area contributed by atoms with Crippen molar-refractivity contribution >= 4 is 29.8 Å². The standard InChI is InChI=1S/C68H87NO12/c1-5-6-7-8-9-10-11-12-13-14-15-16-29-38-59(80-65(74)54-30-21-17-22-31-54)58(69-61(73)45-67-42-51-39-52(43-67)41-53(40-51)44-67)46-75-66-64(79-50(4)72)63(78-49(3)71)62(77-48(2)70)60(81-66)47-76-68(55-32-23-18-24-33-55,56-34-25-19-26-35-56)57-36-27-20-28-37-57/h17-38,51-53,58-60,62-64,66H,5-16,39-47H2,1-4H3,(H,69,73)/b38-29+/t51?,52?,53?,58-,59+,60+,62-,63-,64+,66+,67?/m0/s1. The van der Waals surface area contributed by atoms with Crippen LogP contribution in [0.25, 0.3) is 0 Å². The van der Waals surface area contributed by atoms with E-state index in [1.165, 1.54) is 91.4 Å². The highest BCUT2D eigenvalue weighted by atomic mass is 16.7. The molecule has 81 heavy (non-hydrogen) atoms. The molecule has 4 bridgehead atoms. The third kappa shape index (κ3) is 17.0. The monoisotopic (exact) mass is 1110 g/mol. The second kappa shape index (κ2) is 30.2. The molecular weight excluding hydrogens is 1020 g/mol. The number of carbonyl (C=O) groups is 5. The molecule has 1 heterocycles. The highest BCUT2D eigenvalue weighted by Gasteiger charge is 2.55. The van der Waals surface area contributed by atoms with Gasteiger partial charge in [-0.15, -0.1) is 0 Å². The van der Waals surface area contributed by atoms with Crippen LogP contribution >= 0.6 is 0 Å². The van der Waals surface area contributed by atoms with Crippen molar-refractivity contribution in [2.45, 2.75) is 198 Å². The number of amides is 1. The van der Waals surface area contributed by atoms with Crippen molar-refractivity contribution in [2.24, 2.45) is 23.2 Å². The lowest BCUT2D eigenvalue weighted by Gasteiger charge is -2.56. The summed E-state index contributed by atoms with van der Waals surface area (Å²) < 4.78 is 45.2. The smallest absolute Gasteiger partial charge is 0.338 e. The van der Waals surface area contributed by atoms with E-state index in [1.807, 2.05) is 109 Å². The van der Waals surface area contributed by atoms with E-state index in [1.54, 1.807) is 24.3 Å². The Morgan fingerprint density at radius 3 is 1.56 bits per heavy atom. The first-order chi connectivity index (χ1) is 39.3. The van der Waals surface area contributed by atoms with Crippen LogP contribution in [0, 0.1) is 23.2 Å². The Morgan fingerprint density at radius 1 is 0.605 bits per heavy atom. The van der Waals surface area contributed by atoms with Crippen LogP contribution in [0.15, 0.2) is 133 Å². The maximum atomic E-state index is 14.8. The van der Waals surface area contributed by atoms with Crippen LogP contribution in [0.3, 0.4) is 0 Å². The van der Waals surface area contributed by atoms with Crippen LogP contribution in [0.2, 0.25) is 0 Å². The fraction of sp³-hybridized carbons (Fsp3) is 0.544. The Bertz CT molecular complexity index is 2500. The van der Waals surface area contributed by atoms with Gasteiger partial charge in [-0.25, -0.2) is 4.79 Å². The molecule has 436 valence electrons. The molecular formula is C68H87NO12. The summed E-state index contributed by atoms with van der Waals surface area (Å²) in [7, 11) is 0. The van der Waals surface area contributed by atoms with Gasteiger partial charge in [0.25, 0.3) is 0 Å². The number of hydrogen-bond donors (Lipinski definition) is 1. The van der Waals surface area contributed by atoms with E-state index in [0.29, 0.717) is 29.7 Å². The Kier molecular flexibility index (Phi) is 22.7. The summed E-state index contributed by atoms with van der Waals surface area (Å²) in [6.45, 7) is 5.30. The lowest BCUT2D eigenvalue weighted by molar-refractivity contribution is -0.312. The lowest BCUT2D eigenvalue weighted by Crippen LogP contribution is -2.63. The van der Waals surface area contributed by atoms with Crippen LogP contribution in [0.4, 0.5) is 0 Å². The van der Waals surface area contributed by atoms with E-state index in [-0.39, 0.29) is 24.5 Å². The second-order valence-electron chi connectivity index (χ2n) is 23.4. The number of benzene rings is 4. The molecule has 1 N–H and O–H groups in total. The van der Waals surface area contributed by atoms with Crippen LogP contribution in [0.1, 0.15) is 177 Å². The maximum Gasteiger partial charge on any atom is 0.338 e. The van der Waals surface area contributed by atoms with Crippen LogP contribution in [0.5, 0.6) is 0 Å². The molecule has 0 unspecified atom stereocenters. The van der Waals surface area contributed by atoms with Gasteiger partial charge < -0.3 is 38.5 Å². The number of allylic oxidation sites excluding steroid dienone is 1. The highest BCUT2D eigenvalue weighted by molar-refractivity contribution is 5.89. The van der Waals surface area contributed by atoms with Crippen molar-refractivity contribution in [3.63, 3.8) is 0 Å². The molecule has 4 aromatic rings. The number of esters is 4. The molecule has 7 atom stereocenters. The van der Waals surface area contributed by atoms with E-state index in [0.717, 1.165) is 61.6 Å². The van der Waals surface area contributed by atoms with Gasteiger partial charge in [0, 0.05) is 27.2 Å². The van der Waals surface area contributed by atoms with E-state index < -0.39 is 72.3 Å². The van der Waals surface area contributed by atoms with Crippen molar-refractivity contribution in [2.75, 3.05) is 13.2 Å². The van der Waals surface area contributed by atoms with Gasteiger partial charge in [0.2, 0.25) is 5.91 Å². The SMILES string of the molecule is CCCCCCCCCCCCC/C=C/[C@@H](OC(=O)c1ccccc1)[C@H](CO[C@@H]1O[C@H](COC(c2ccccc2)(c2ccccc2)c2ccccc2)[C@H](OC(C)=O)[C@H](OC(C)=O)[C@H]1OC(C)=O)NC(=O)CC12CC3CC(CC(C3)C1)C2. The molecule has 0 spiro atoms. The van der Waals surface area contributed by atoms with Gasteiger partial charge in [-0.1, -0.05) is 186 Å². The third-order valence-corrected chi connectivity index (χ3v) is 16.9. The number of hydrogen-bond acceptors (Lipinski definition) is 12. The highest BCUT2D eigenvalue weighted by Crippen LogP contribution is 2.61. The largest absolute Gasteiger partial charge is 0.456 e. The molecule has 4 saturated carbocycles. The average molecular weight is 1110 g/mol. The summed E-state index contributed by atoms with van der Waals surface area (Å²) in [6, 6.07) is 36.9. The molecule has 4 aliphatic carbocycles. The third-order valence-electron chi connectivity index (χ3n) is 16.9. The molecule has 1 aliphatic heterocycles. The Labute approximate surface area is 480 Å². The Morgan fingerprint density at radius 2 is 1.06 bits per heavy atom. The summed E-state index contributed by atoms with van der Waals surface area (Å²) in [4.78, 5) is 68.4. The molecule has 5 aliphatic rings. The van der Waals surface area contributed by atoms with Crippen LogP contribution in [-0.2, 0) is 57.9 Å². The van der Waals surface area contributed by atoms with E-state index >= 15 is 0 Å². The van der Waals surface area contributed by atoms with Crippen molar-refractivity contribution in [3.8, 4) is 0 Å².